The number of carbonyl (C=O) groups excluding carboxylic acids is 1. The predicted molar refractivity (Wildman–Crippen MR) is 98.9 cm³/mol. The zero-order chi connectivity index (χ0) is 17.6. The van der Waals surface area contributed by atoms with Gasteiger partial charge in [-0.05, 0) is 32.0 Å². The van der Waals surface area contributed by atoms with E-state index in [-0.39, 0.29) is 11.9 Å². The van der Waals surface area contributed by atoms with Crippen molar-refractivity contribution in [1.29, 1.82) is 0 Å². The van der Waals surface area contributed by atoms with E-state index in [0.29, 0.717) is 6.54 Å². The van der Waals surface area contributed by atoms with Crippen LogP contribution in [-0.4, -0.2) is 54.6 Å². The summed E-state index contributed by atoms with van der Waals surface area (Å²) in [5.74, 6) is 0.966. The van der Waals surface area contributed by atoms with Gasteiger partial charge in [-0.3, -0.25) is 4.79 Å². The minimum Gasteiger partial charge on any atom is -0.330 e. The topological polar surface area (TPSA) is 53.8 Å². The number of quaternary nitrogens is 1. The number of piperazine rings is 1. The van der Waals surface area contributed by atoms with Crippen LogP contribution in [0.3, 0.4) is 0 Å². The molecule has 2 heterocycles. The quantitative estimate of drug-likeness (QED) is 0.867. The lowest BCUT2D eigenvalue weighted by molar-refractivity contribution is -0.914. The molecule has 6 heteroatoms. The van der Waals surface area contributed by atoms with Crippen LogP contribution in [0.1, 0.15) is 13.8 Å². The molecule has 6 nitrogen and oxygen atoms in total. The molecule has 1 atom stereocenters. The van der Waals surface area contributed by atoms with Gasteiger partial charge < -0.3 is 14.7 Å². The molecule has 1 saturated heterocycles. The number of para-hydroxylation sites is 1. The maximum Gasteiger partial charge on any atom is 0.284 e. The Morgan fingerprint density at radius 3 is 2.40 bits per heavy atom. The normalized spacial score (nSPS) is 16.5. The number of hydrogen-bond donors (Lipinski definition) is 1. The molecule has 0 spiro atoms. The minimum absolute atomic E-state index is 0.0565. The van der Waals surface area contributed by atoms with Gasteiger partial charge in [0.15, 0.2) is 6.04 Å². The Balaban J connectivity index is 1.62. The summed E-state index contributed by atoms with van der Waals surface area (Å²) in [6.45, 7) is 8.32. The van der Waals surface area contributed by atoms with Gasteiger partial charge in [-0.1, -0.05) is 18.2 Å². The van der Waals surface area contributed by atoms with E-state index in [1.54, 1.807) is 12.4 Å². The monoisotopic (exact) mass is 340 g/mol. The number of likely N-dealkylation sites (N-methyl/N-ethyl adjacent to an activating group) is 1. The van der Waals surface area contributed by atoms with Crippen molar-refractivity contribution < 1.29 is 9.69 Å². The van der Waals surface area contributed by atoms with Gasteiger partial charge in [0.05, 0.1) is 26.2 Å². The fourth-order valence-electron chi connectivity index (χ4n) is 3.36. The van der Waals surface area contributed by atoms with Gasteiger partial charge in [-0.2, -0.15) is 0 Å². The Kier molecular flexibility index (Phi) is 5.60. The fourth-order valence-corrected chi connectivity index (χ4v) is 3.36. The van der Waals surface area contributed by atoms with Gasteiger partial charge in [0.25, 0.3) is 5.91 Å². The number of anilines is 2. The third-order valence-electron chi connectivity index (χ3n) is 4.87. The molecule has 1 fully saturated rings. The van der Waals surface area contributed by atoms with Crippen LogP contribution >= 0.6 is 0 Å². The third-order valence-corrected chi connectivity index (χ3v) is 4.87. The molecular formula is C19H26N5O+. The van der Waals surface area contributed by atoms with E-state index in [9.17, 15) is 4.79 Å². The number of hydrogen-bond acceptors (Lipinski definition) is 4. The molecule has 0 saturated carbocycles. The molecule has 1 aliphatic heterocycles. The van der Waals surface area contributed by atoms with Gasteiger partial charge in [0, 0.05) is 24.6 Å². The average molecular weight is 340 g/mol. The molecule has 1 aromatic carbocycles. The molecule has 1 aliphatic rings. The predicted octanol–water partition coefficient (Wildman–Crippen LogP) is 0.623. The number of benzene rings is 1. The Bertz CT molecular complexity index is 671. The van der Waals surface area contributed by atoms with Crippen molar-refractivity contribution in [2.75, 3.05) is 42.5 Å². The Morgan fingerprint density at radius 1 is 1.16 bits per heavy atom. The van der Waals surface area contributed by atoms with E-state index >= 15 is 0 Å². The number of nitrogens with one attached hydrogen (secondary N) is 1. The van der Waals surface area contributed by atoms with Gasteiger partial charge in [-0.15, -0.1) is 0 Å². The number of rotatable bonds is 5. The smallest absolute Gasteiger partial charge is 0.284 e. The zero-order valence-electron chi connectivity index (χ0n) is 14.9. The van der Waals surface area contributed by atoms with Crippen LogP contribution in [0.2, 0.25) is 0 Å². The largest absolute Gasteiger partial charge is 0.330 e. The van der Waals surface area contributed by atoms with E-state index in [1.807, 2.05) is 55.1 Å². The van der Waals surface area contributed by atoms with E-state index in [2.05, 4.69) is 14.9 Å². The van der Waals surface area contributed by atoms with E-state index < -0.39 is 0 Å². The first-order chi connectivity index (χ1) is 12.2. The molecule has 1 amide bonds. The second-order valence-corrected chi connectivity index (χ2v) is 6.33. The van der Waals surface area contributed by atoms with Gasteiger partial charge in [0.2, 0.25) is 5.95 Å². The van der Waals surface area contributed by atoms with Crippen molar-refractivity contribution in [3.8, 4) is 0 Å². The minimum atomic E-state index is -0.0565. The third kappa shape index (κ3) is 3.96. The fraction of sp³-hybridized carbons (Fsp3) is 0.421. The molecule has 0 radical (unpaired) electrons. The van der Waals surface area contributed by atoms with E-state index in [0.717, 1.165) is 37.8 Å². The lowest BCUT2D eigenvalue weighted by Gasteiger charge is -2.36. The van der Waals surface area contributed by atoms with Crippen LogP contribution in [0.5, 0.6) is 0 Å². The van der Waals surface area contributed by atoms with Crippen molar-refractivity contribution in [3.05, 3.63) is 48.8 Å². The lowest BCUT2D eigenvalue weighted by Crippen LogP contribution is -3.19. The lowest BCUT2D eigenvalue weighted by atomic mass is 10.2. The molecule has 0 aliphatic carbocycles. The highest BCUT2D eigenvalue weighted by molar-refractivity contribution is 5.96. The summed E-state index contributed by atoms with van der Waals surface area (Å²) in [5.41, 5.74) is 0.970. The summed E-state index contributed by atoms with van der Waals surface area (Å²) in [4.78, 5) is 27.0. The van der Waals surface area contributed by atoms with Crippen molar-refractivity contribution >= 4 is 17.5 Å². The molecule has 0 unspecified atom stereocenters. The summed E-state index contributed by atoms with van der Waals surface area (Å²) >= 11 is 0. The zero-order valence-corrected chi connectivity index (χ0v) is 14.9. The van der Waals surface area contributed by atoms with Crippen LogP contribution < -0.4 is 14.7 Å². The van der Waals surface area contributed by atoms with E-state index in [1.165, 1.54) is 4.90 Å². The number of aromatic nitrogens is 2. The van der Waals surface area contributed by atoms with Gasteiger partial charge in [-0.25, -0.2) is 9.97 Å². The highest BCUT2D eigenvalue weighted by atomic mass is 16.2. The standard InChI is InChI=1S/C19H25N5O/c1-3-24(17-8-5-4-6-9-17)18(25)16(2)22-12-14-23(15-13-22)19-20-10-7-11-21-19/h4-11,16H,3,12-15H2,1-2H3/p+1/t16-/m1/s1. The summed E-state index contributed by atoms with van der Waals surface area (Å²) < 4.78 is 0. The average Bonchev–Trinajstić information content (AvgIpc) is 2.69. The van der Waals surface area contributed by atoms with Gasteiger partial charge in [0.1, 0.15) is 0 Å². The van der Waals surface area contributed by atoms with Gasteiger partial charge >= 0.3 is 0 Å². The van der Waals surface area contributed by atoms with Crippen LogP contribution in [0, 0.1) is 0 Å². The maximum absolute atomic E-state index is 13.0. The van der Waals surface area contributed by atoms with Crippen molar-refractivity contribution in [3.63, 3.8) is 0 Å². The Morgan fingerprint density at radius 2 is 1.80 bits per heavy atom. The summed E-state index contributed by atoms with van der Waals surface area (Å²) in [5, 5.41) is 0. The molecule has 132 valence electrons. The maximum atomic E-state index is 13.0. The molecule has 1 aromatic heterocycles. The second kappa shape index (κ2) is 8.07. The number of carbonyl (C=O) groups is 1. The van der Waals surface area contributed by atoms with Crippen LogP contribution in [0.25, 0.3) is 0 Å². The summed E-state index contributed by atoms with van der Waals surface area (Å²) in [7, 11) is 0. The summed E-state index contributed by atoms with van der Waals surface area (Å²) in [6, 6.07) is 11.7. The van der Waals surface area contributed by atoms with Crippen LogP contribution in [0.15, 0.2) is 48.8 Å². The number of amides is 1. The first-order valence-corrected chi connectivity index (χ1v) is 8.93. The Hall–Kier alpha value is -2.47. The molecule has 1 N–H and O–H groups in total. The molecule has 3 rings (SSSR count). The van der Waals surface area contributed by atoms with Crippen molar-refractivity contribution in [1.82, 2.24) is 9.97 Å². The van der Waals surface area contributed by atoms with E-state index in [4.69, 9.17) is 0 Å². The first kappa shape index (κ1) is 17.4. The molecule has 0 bridgehead atoms. The highest BCUT2D eigenvalue weighted by Crippen LogP contribution is 2.14. The van der Waals surface area contributed by atoms with Crippen molar-refractivity contribution in [2.24, 2.45) is 0 Å². The van der Waals surface area contributed by atoms with Crippen LogP contribution in [0.4, 0.5) is 11.6 Å². The number of nitrogens with zero attached hydrogens (tertiary/aromatic N) is 4. The SMILES string of the molecule is CCN(C(=O)[C@@H](C)[NH+]1CCN(c2ncccn2)CC1)c1ccccc1. The van der Waals surface area contributed by atoms with Crippen molar-refractivity contribution in [2.45, 2.75) is 19.9 Å². The molecule has 2 aromatic rings. The second-order valence-electron chi connectivity index (χ2n) is 6.33. The Labute approximate surface area is 149 Å². The first-order valence-electron chi connectivity index (χ1n) is 8.93. The molecular weight excluding hydrogens is 314 g/mol. The molecule has 25 heavy (non-hydrogen) atoms. The van der Waals surface area contributed by atoms with Crippen LogP contribution in [-0.2, 0) is 4.79 Å². The highest BCUT2D eigenvalue weighted by Gasteiger charge is 2.32. The summed E-state index contributed by atoms with van der Waals surface area (Å²) in [6.07, 6.45) is 3.54.